The first-order chi connectivity index (χ1) is 8.80. The number of hydrogen-bond acceptors (Lipinski definition) is 3. The van der Waals surface area contributed by atoms with Crippen molar-refractivity contribution in [3.8, 4) is 0 Å². The molecule has 1 amide bonds. The number of halogens is 1. The minimum Gasteiger partial charge on any atom is -0.356 e. The second-order valence-electron chi connectivity index (χ2n) is 6.76. The van der Waals surface area contributed by atoms with Crippen molar-refractivity contribution in [3.63, 3.8) is 0 Å². The molecule has 20 heavy (non-hydrogen) atoms. The number of carbonyl (C=O) groups excluding carboxylic acids is 1. The van der Waals surface area contributed by atoms with Crippen molar-refractivity contribution in [2.24, 2.45) is 5.41 Å². The largest absolute Gasteiger partial charge is 0.356 e. The van der Waals surface area contributed by atoms with Crippen LogP contribution in [0.1, 0.15) is 51.5 Å². The fourth-order valence-corrected chi connectivity index (χ4v) is 3.12. The molecule has 1 aromatic heterocycles. The van der Waals surface area contributed by atoms with Gasteiger partial charge in [-0.05, 0) is 31.7 Å². The van der Waals surface area contributed by atoms with Crippen LogP contribution in [-0.2, 0) is 9.05 Å². The number of aromatic nitrogens is 1. The Morgan fingerprint density at radius 2 is 1.85 bits per heavy atom. The summed E-state index contributed by atoms with van der Waals surface area (Å²) in [5.41, 5.74) is -0.163. The first kappa shape index (κ1) is 17.0. The van der Waals surface area contributed by atoms with E-state index in [-0.39, 0.29) is 21.9 Å². The van der Waals surface area contributed by atoms with Crippen molar-refractivity contribution in [2.75, 3.05) is 0 Å². The topological polar surface area (TPSA) is 79.0 Å². The molecule has 0 aromatic carbocycles. The summed E-state index contributed by atoms with van der Waals surface area (Å²) >= 11 is 0. The molecule has 0 radical (unpaired) electrons. The van der Waals surface area contributed by atoms with Crippen LogP contribution in [0.2, 0.25) is 0 Å². The molecule has 2 N–H and O–H groups in total. The molecule has 7 heteroatoms. The monoisotopic (exact) mass is 320 g/mol. The molecule has 0 bridgehead atoms. The van der Waals surface area contributed by atoms with Gasteiger partial charge in [0.2, 0.25) is 0 Å². The van der Waals surface area contributed by atoms with Crippen LogP contribution in [0.5, 0.6) is 0 Å². The van der Waals surface area contributed by atoms with Crippen molar-refractivity contribution < 1.29 is 13.2 Å². The van der Waals surface area contributed by atoms with Crippen molar-refractivity contribution in [1.82, 2.24) is 10.3 Å². The maximum Gasteiger partial charge on any atom is 0.268 e. The van der Waals surface area contributed by atoms with Gasteiger partial charge in [-0.1, -0.05) is 20.8 Å². The van der Waals surface area contributed by atoms with Gasteiger partial charge in [0.25, 0.3) is 15.0 Å². The molecule has 0 aliphatic rings. The first-order valence-corrected chi connectivity index (χ1v) is 8.57. The molecule has 0 spiro atoms. The second-order valence-corrected chi connectivity index (χ2v) is 9.33. The highest BCUT2D eigenvalue weighted by atomic mass is 35.7. The Labute approximate surface area is 124 Å². The summed E-state index contributed by atoms with van der Waals surface area (Å²) in [6, 6.07) is 1.23. The molecule has 1 rings (SSSR count). The van der Waals surface area contributed by atoms with Gasteiger partial charge in [-0.3, -0.25) is 4.79 Å². The van der Waals surface area contributed by atoms with E-state index in [0.29, 0.717) is 0 Å². The van der Waals surface area contributed by atoms with E-state index in [0.717, 1.165) is 6.42 Å². The average molecular weight is 321 g/mol. The molecule has 0 aliphatic heterocycles. The van der Waals surface area contributed by atoms with E-state index in [4.69, 9.17) is 10.7 Å². The lowest BCUT2D eigenvalue weighted by Crippen LogP contribution is -2.45. The molecular weight excluding hydrogens is 300 g/mol. The van der Waals surface area contributed by atoms with Crippen LogP contribution >= 0.6 is 10.7 Å². The zero-order chi connectivity index (χ0) is 15.8. The van der Waals surface area contributed by atoms with Crippen LogP contribution in [0.25, 0.3) is 0 Å². The van der Waals surface area contributed by atoms with E-state index < -0.39 is 14.6 Å². The van der Waals surface area contributed by atoms with Gasteiger partial charge in [0.15, 0.2) is 0 Å². The third-order valence-electron chi connectivity index (χ3n) is 2.61. The highest BCUT2D eigenvalue weighted by Crippen LogP contribution is 2.27. The molecule has 114 valence electrons. The molecule has 5 nitrogen and oxygen atoms in total. The number of H-pyrrole nitrogens is 1. The Hall–Kier alpha value is -1.01. The fraction of sp³-hybridized carbons (Fsp3) is 0.615. The number of rotatable bonds is 4. The van der Waals surface area contributed by atoms with Crippen LogP contribution in [-0.4, -0.2) is 24.8 Å². The maximum absolute atomic E-state index is 12.1. The third kappa shape index (κ3) is 5.17. The summed E-state index contributed by atoms with van der Waals surface area (Å²) in [6.45, 7) is 10.1. The number of amides is 1. The zero-order valence-corrected chi connectivity index (χ0v) is 13.9. The SMILES string of the molecule is CC(C)(C)CC(C)(C)NC(=O)c1cc(S(=O)(=O)Cl)c[nH]1. The zero-order valence-electron chi connectivity index (χ0n) is 12.4. The fourth-order valence-electron chi connectivity index (χ4n) is 2.39. The molecule has 0 atom stereocenters. The van der Waals surface area contributed by atoms with Crippen LogP contribution in [0.15, 0.2) is 17.2 Å². The van der Waals surface area contributed by atoms with Crippen molar-refractivity contribution >= 4 is 25.6 Å². The molecule has 1 heterocycles. The average Bonchev–Trinajstić information content (AvgIpc) is 2.59. The molecule has 0 unspecified atom stereocenters. The summed E-state index contributed by atoms with van der Waals surface area (Å²) in [4.78, 5) is 14.6. The van der Waals surface area contributed by atoms with Crippen molar-refractivity contribution in [3.05, 3.63) is 18.0 Å². The van der Waals surface area contributed by atoms with Gasteiger partial charge in [-0.25, -0.2) is 8.42 Å². The Morgan fingerprint density at radius 1 is 1.30 bits per heavy atom. The highest BCUT2D eigenvalue weighted by molar-refractivity contribution is 8.13. The molecule has 1 aromatic rings. The molecular formula is C13H21ClN2O3S. The number of carbonyl (C=O) groups is 1. The predicted octanol–water partition coefficient (Wildman–Crippen LogP) is 2.89. The second kappa shape index (κ2) is 5.41. The lowest BCUT2D eigenvalue weighted by Gasteiger charge is -2.33. The summed E-state index contributed by atoms with van der Waals surface area (Å²) in [5.74, 6) is -0.356. The van der Waals surface area contributed by atoms with Gasteiger partial charge in [-0.15, -0.1) is 0 Å². The minimum atomic E-state index is -3.83. The van der Waals surface area contributed by atoms with E-state index in [9.17, 15) is 13.2 Å². The number of aromatic amines is 1. The summed E-state index contributed by atoms with van der Waals surface area (Å²) in [5, 5.41) is 2.89. The third-order valence-corrected chi connectivity index (χ3v) is 3.94. The molecule has 0 aliphatic carbocycles. The van der Waals surface area contributed by atoms with E-state index in [2.05, 4.69) is 31.1 Å². The van der Waals surface area contributed by atoms with Gasteiger partial charge in [0.05, 0.1) is 0 Å². The highest BCUT2D eigenvalue weighted by Gasteiger charge is 2.28. The summed E-state index contributed by atoms with van der Waals surface area (Å²) in [6.07, 6.45) is 1.99. The molecule has 0 saturated heterocycles. The van der Waals surface area contributed by atoms with Crippen LogP contribution in [0, 0.1) is 5.41 Å². The van der Waals surface area contributed by atoms with Crippen LogP contribution < -0.4 is 5.32 Å². The molecule has 0 fully saturated rings. The standard InChI is InChI=1S/C13H21ClN2O3S/c1-12(2,3)8-13(4,5)16-11(17)10-6-9(7-15-10)20(14,18)19/h6-7,15H,8H2,1-5H3,(H,16,17). The van der Waals surface area contributed by atoms with Gasteiger partial charge in [-0.2, -0.15) is 0 Å². The number of nitrogens with one attached hydrogen (secondary N) is 2. The van der Waals surface area contributed by atoms with E-state index in [1.807, 2.05) is 13.8 Å². The quantitative estimate of drug-likeness (QED) is 0.837. The van der Waals surface area contributed by atoms with Crippen molar-refractivity contribution in [1.29, 1.82) is 0 Å². The lowest BCUT2D eigenvalue weighted by molar-refractivity contribution is 0.0887. The van der Waals surface area contributed by atoms with Crippen molar-refractivity contribution in [2.45, 2.75) is 51.5 Å². The van der Waals surface area contributed by atoms with Gasteiger partial charge >= 0.3 is 0 Å². The van der Waals surface area contributed by atoms with E-state index >= 15 is 0 Å². The normalized spacial score (nSPS) is 13.3. The Kier molecular flexibility index (Phi) is 4.61. The smallest absolute Gasteiger partial charge is 0.268 e. The van der Waals surface area contributed by atoms with Crippen LogP contribution in [0.3, 0.4) is 0 Å². The predicted molar refractivity (Wildman–Crippen MR) is 79.4 cm³/mol. The minimum absolute atomic E-state index is 0.0666. The first-order valence-electron chi connectivity index (χ1n) is 6.26. The van der Waals surface area contributed by atoms with E-state index in [1.165, 1.54) is 12.3 Å². The Bertz CT molecular complexity index is 597. The van der Waals surface area contributed by atoms with Crippen LogP contribution in [0.4, 0.5) is 0 Å². The van der Waals surface area contributed by atoms with E-state index in [1.54, 1.807) is 0 Å². The summed E-state index contributed by atoms with van der Waals surface area (Å²) < 4.78 is 22.3. The van der Waals surface area contributed by atoms with Gasteiger partial charge < -0.3 is 10.3 Å². The molecule has 0 saturated carbocycles. The van der Waals surface area contributed by atoms with Gasteiger partial charge in [0, 0.05) is 22.4 Å². The Balaban J connectivity index is 2.84. The maximum atomic E-state index is 12.1. The Morgan fingerprint density at radius 3 is 2.25 bits per heavy atom. The summed E-state index contributed by atoms with van der Waals surface area (Å²) in [7, 11) is 1.39. The van der Waals surface area contributed by atoms with Gasteiger partial charge in [0.1, 0.15) is 10.6 Å². The lowest BCUT2D eigenvalue weighted by atomic mass is 9.82. The number of hydrogen-bond donors (Lipinski definition) is 2.